The SMILES string of the molecule is CCCC(NC(=O)N(C)Cc1ccccc1)C(=O)O. The molecule has 0 saturated carbocycles. The summed E-state index contributed by atoms with van der Waals surface area (Å²) in [5.74, 6) is -0.997. The average molecular weight is 264 g/mol. The highest BCUT2D eigenvalue weighted by Gasteiger charge is 2.20. The van der Waals surface area contributed by atoms with E-state index in [1.54, 1.807) is 7.05 Å². The first-order chi connectivity index (χ1) is 9.04. The highest BCUT2D eigenvalue weighted by molar-refractivity contribution is 5.82. The molecule has 1 unspecified atom stereocenters. The number of hydrogen-bond donors (Lipinski definition) is 2. The van der Waals surface area contributed by atoms with Crippen molar-refractivity contribution in [2.24, 2.45) is 0 Å². The van der Waals surface area contributed by atoms with Crippen LogP contribution in [0.4, 0.5) is 4.79 Å². The number of carboxylic acid groups (broad SMARTS) is 1. The summed E-state index contributed by atoms with van der Waals surface area (Å²) in [6, 6.07) is 8.36. The van der Waals surface area contributed by atoms with Crippen molar-refractivity contribution in [3.05, 3.63) is 35.9 Å². The molecule has 0 saturated heterocycles. The molecular formula is C14H20N2O3. The van der Waals surface area contributed by atoms with Crippen LogP contribution in [0, 0.1) is 0 Å². The van der Waals surface area contributed by atoms with E-state index in [4.69, 9.17) is 5.11 Å². The highest BCUT2D eigenvalue weighted by atomic mass is 16.4. The summed E-state index contributed by atoms with van der Waals surface area (Å²) in [5, 5.41) is 11.5. The van der Waals surface area contributed by atoms with E-state index in [-0.39, 0.29) is 6.03 Å². The van der Waals surface area contributed by atoms with Crippen LogP contribution in [0.5, 0.6) is 0 Å². The molecule has 1 rings (SSSR count). The number of carbonyl (C=O) groups excluding carboxylic acids is 1. The molecule has 0 heterocycles. The third kappa shape index (κ3) is 4.99. The summed E-state index contributed by atoms with van der Waals surface area (Å²) >= 11 is 0. The summed E-state index contributed by atoms with van der Waals surface area (Å²) < 4.78 is 0. The monoisotopic (exact) mass is 264 g/mol. The normalized spacial score (nSPS) is 11.7. The zero-order valence-electron chi connectivity index (χ0n) is 11.3. The number of carboxylic acids is 1. The van der Waals surface area contributed by atoms with E-state index in [0.29, 0.717) is 19.4 Å². The van der Waals surface area contributed by atoms with Crippen LogP contribution >= 0.6 is 0 Å². The zero-order chi connectivity index (χ0) is 14.3. The van der Waals surface area contributed by atoms with E-state index < -0.39 is 12.0 Å². The fourth-order valence-corrected chi connectivity index (χ4v) is 1.73. The largest absolute Gasteiger partial charge is 0.480 e. The number of amides is 2. The van der Waals surface area contributed by atoms with E-state index in [2.05, 4.69) is 5.32 Å². The molecule has 2 N–H and O–H groups in total. The van der Waals surface area contributed by atoms with E-state index in [1.807, 2.05) is 37.3 Å². The van der Waals surface area contributed by atoms with Gasteiger partial charge in [-0.3, -0.25) is 0 Å². The molecule has 0 aromatic heterocycles. The second-order valence-corrected chi connectivity index (χ2v) is 4.47. The van der Waals surface area contributed by atoms with Crippen LogP contribution in [0.2, 0.25) is 0 Å². The van der Waals surface area contributed by atoms with Gasteiger partial charge in [0.05, 0.1) is 0 Å². The Labute approximate surface area is 113 Å². The number of carbonyl (C=O) groups is 2. The molecule has 1 atom stereocenters. The smallest absolute Gasteiger partial charge is 0.326 e. The number of hydrogen-bond acceptors (Lipinski definition) is 2. The Bertz CT molecular complexity index is 420. The maximum absolute atomic E-state index is 11.9. The zero-order valence-corrected chi connectivity index (χ0v) is 11.3. The third-order valence-corrected chi connectivity index (χ3v) is 2.78. The number of rotatable bonds is 6. The van der Waals surface area contributed by atoms with Crippen LogP contribution in [0.25, 0.3) is 0 Å². The predicted octanol–water partition coefficient (Wildman–Crippen LogP) is 2.08. The Balaban J connectivity index is 2.54. The van der Waals surface area contributed by atoms with Crippen LogP contribution in [0.3, 0.4) is 0 Å². The lowest BCUT2D eigenvalue weighted by Crippen LogP contribution is -2.46. The second-order valence-electron chi connectivity index (χ2n) is 4.47. The molecule has 1 aromatic rings. The number of urea groups is 1. The minimum atomic E-state index is -0.997. The van der Waals surface area contributed by atoms with Crippen molar-refractivity contribution in [3.8, 4) is 0 Å². The number of aliphatic carboxylic acids is 1. The molecule has 0 aliphatic rings. The fourth-order valence-electron chi connectivity index (χ4n) is 1.73. The maximum Gasteiger partial charge on any atom is 0.326 e. The van der Waals surface area contributed by atoms with Gasteiger partial charge >= 0.3 is 12.0 Å². The van der Waals surface area contributed by atoms with Crippen LogP contribution in [-0.2, 0) is 11.3 Å². The molecule has 1 aromatic carbocycles. The molecule has 0 spiro atoms. The minimum absolute atomic E-state index is 0.371. The van der Waals surface area contributed by atoms with Gasteiger partial charge in [0.2, 0.25) is 0 Å². The van der Waals surface area contributed by atoms with Crippen LogP contribution in [-0.4, -0.2) is 35.1 Å². The van der Waals surface area contributed by atoms with Crippen molar-refractivity contribution in [2.75, 3.05) is 7.05 Å². The van der Waals surface area contributed by atoms with Crippen LogP contribution in [0.1, 0.15) is 25.3 Å². The van der Waals surface area contributed by atoms with Crippen molar-refractivity contribution >= 4 is 12.0 Å². The molecule has 0 radical (unpaired) electrons. The molecular weight excluding hydrogens is 244 g/mol. The Morgan fingerprint density at radius 3 is 2.47 bits per heavy atom. The van der Waals surface area contributed by atoms with Gasteiger partial charge in [-0.05, 0) is 12.0 Å². The molecule has 5 heteroatoms. The van der Waals surface area contributed by atoms with Crippen molar-refractivity contribution in [1.82, 2.24) is 10.2 Å². The molecule has 0 aliphatic carbocycles. The number of nitrogens with zero attached hydrogens (tertiary/aromatic N) is 1. The van der Waals surface area contributed by atoms with Crippen LogP contribution < -0.4 is 5.32 Å². The average Bonchev–Trinajstić information content (AvgIpc) is 2.39. The fraction of sp³-hybridized carbons (Fsp3) is 0.429. The van der Waals surface area contributed by atoms with Gasteiger partial charge in [-0.1, -0.05) is 43.7 Å². The summed E-state index contributed by atoms with van der Waals surface area (Å²) in [5.41, 5.74) is 1.00. The highest BCUT2D eigenvalue weighted by Crippen LogP contribution is 2.04. The van der Waals surface area contributed by atoms with E-state index in [1.165, 1.54) is 4.90 Å². The lowest BCUT2D eigenvalue weighted by Gasteiger charge is -2.21. The Kier molecular flexibility index (Phi) is 5.85. The minimum Gasteiger partial charge on any atom is -0.480 e. The summed E-state index contributed by atoms with van der Waals surface area (Å²) in [6.45, 7) is 2.33. The van der Waals surface area contributed by atoms with Gasteiger partial charge in [0, 0.05) is 13.6 Å². The van der Waals surface area contributed by atoms with Crippen molar-refractivity contribution < 1.29 is 14.7 Å². The summed E-state index contributed by atoms with van der Waals surface area (Å²) in [6.07, 6.45) is 1.14. The van der Waals surface area contributed by atoms with E-state index in [9.17, 15) is 9.59 Å². The van der Waals surface area contributed by atoms with Gasteiger partial charge in [-0.25, -0.2) is 9.59 Å². The summed E-state index contributed by atoms with van der Waals surface area (Å²) in [4.78, 5) is 24.3. The first-order valence-corrected chi connectivity index (χ1v) is 6.33. The van der Waals surface area contributed by atoms with E-state index >= 15 is 0 Å². The van der Waals surface area contributed by atoms with E-state index in [0.717, 1.165) is 5.56 Å². The van der Waals surface area contributed by atoms with Gasteiger partial charge in [-0.15, -0.1) is 0 Å². The number of benzene rings is 1. The molecule has 19 heavy (non-hydrogen) atoms. The molecule has 0 aliphatic heterocycles. The third-order valence-electron chi connectivity index (χ3n) is 2.78. The standard InChI is InChI=1S/C14H20N2O3/c1-3-7-12(13(17)18)15-14(19)16(2)10-11-8-5-4-6-9-11/h4-6,8-9,12H,3,7,10H2,1-2H3,(H,15,19)(H,17,18). The number of nitrogens with one attached hydrogen (secondary N) is 1. The molecule has 2 amide bonds. The first kappa shape index (κ1) is 15.0. The molecule has 0 bridgehead atoms. The van der Waals surface area contributed by atoms with Crippen molar-refractivity contribution in [1.29, 1.82) is 0 Å². The lowest BCUT2D eigenvalue weighted by molar-refractivity contribution is -0.139. The van der Waals surface area contributed by atoms with Gasteiger partial charge in [0.1, 0.15) is 6.04 Å². The molecule has 5 nitrogen and oxygen atoms in total. The Morgan fingerprint density at radius 2 is 1.95 bits per heavy atom. The maximum atomic E-state index is 11.9. The molecule has 0 fully saturated rings. The Hall–Kier alpha value is -2.04. The quantitative estimate of drug-likeness (QED) is 0.826. The van der Waals surface area contributed by atoms with Gasteiger partial charge in [0.15, 0.2) is 0 Å². The van der Waals surface area contributed by atoms with Crippen molar-refractivity contribution in [2.45, 2.75) is 32.4 Å². The topological polar surface area (TPSA) is 69.6 Å². The first-order valence-electron chi connectivity index (χ1n) is 6.33. The van der Waals surface area contributed by atoms with Gasteiger partial charge < -0.3 is 15.3 Å². The molecule has 104 valence electrons. The lowest BCUT2D eigenvalue weighted by atomic mass is 10.2. The summed E-state index contributed by atoms with van der Waals surface area (Å²) in [7, 11) is 1.65. The second kappa shape index (κ2) is 7.41. The Morgan fingerprint density at radius 1 is 1.32 bits per heavy atom. The van der Waals surface area contributed by atoms with Crippen molar-refractivity contribution in [3.63, 3.8) is 0 Å². The van der Waals surface area contributed by atoms with Crippen LogP contribution in [0.15, 0.2) is 30.3 Å². The van der Waals surface area contributed by atoms with Gasteiger partial charge in [0.25, 0.3) is 0 Å². The predicted molar refractivity (Wildman–Crippen MR) is 72.8 cm³/mol. The van der Waals surface area contributed by atoms with Gasteiger partial charge in [-0.2, -0.15) is 0 Å².